The third kappa shape index (κ3) is 4.70. The fraction of sp³-hybridized carbons (Fsp3) is 0.143. The summed E-state index contributed by atoms with van der Waals surface area (Å²) in [5, 5.41) is 28.8. The quantitative estimate of drug-likeness (QED) is 0.495. The first kappa shape index (κ1) is 20.6. The minimum absolute atomic E-state index is 0.114. The number of ether oxygens (including phenoxy) is 2. The van der Waals surface area contributed by atoms with Crippen molar-refractivity contribution in [3.8, 4) is 17.2 Å². The molecule has 0 aromatic heterocycles. The van der Waals surface area contributed by atoms with Crippen LogP contribution in [-0.4, -0.2) is 41.5 Å². The van der Waals surface area contributed by atoms with Crippen LogP contribution in [0.4, 0.5) is 0 Å². The first-order chi connectivity index (χ1) is 13.3. The van der Waals surface area contributed by atoms with Crippen molar-refractivity contribution in [2.75, 3.05) is 14.2 Å². The highest BCUT2D eigenvalue weighted by molar-refractivity contribution is 6.11. The number of methoxy groups -OCH3 is 2. The molecule has 146 valence electrons. The lowest BCUT2D eigenvalue weighted by atomic mass is 9.99. The van der Waals surface area contributed by atoms with E-state index in [1.54, 1.807) is 18.2 Å². The molecule has 0 unspecified atom stereocenters. The Morgan fingerprint density at radius 2 is 1.29 bits per heavy atom. The van der Waals surface area contributed by atoms with Crippen LogP contribution in [0.1, 0.15) is 16.7 Å². The van der Waals surface area contributed by atoms with Gasteiger partial charge in [-0.3, -0.25) is 0 Å². The van der Waals surface area contributed by atoms with Crippen LogP contribution in [0.5, 0.6) is 17.2 Å². The molecule has 3 N–H and O–H groups in total. The molecular formula is C21H20O7. The van der Waals surface area contributed by atoms with E-state index < -0.39 is 23.1 Å². The molecule has 0 saturated heterocycles. The Balaban J connectivity index is 2.60. The molecule has 0 heterocycles. The number of carboxylic acids is 2. The fourth-order valence-corrected chi connectivity index (χ4v) is 2.55. The Morgan fingerprint density at radius 3 is 1.75 bits per heavy atom. The van der Waals surface area contributed by atoms with Crippen LogP contribution in [0, 0.1) is 6.92 Å². The lowest BCUT2D eigenvalue weighted by molar-refractivity contribution is -0.136. The number of phenolic OH excluding ortho intramolecular Hbond substituents is 1. The van der Waals surface area contributed by atoms with Gasteiger partial charge in [0.05, 0.1) is 25.4 Å². The number of hydrogen-bond acceptors (Lipinski definition) is 5. The Bertz CT molecular complexity index is 891. The minimum Gasteiger partial charge on any atom is -0.504 e. The van der Waals surface area contributed by atoms with E-state index in [0.29, 0.717) is 16.9 Å². The van der Waals surface area contributed by atoms with E-state index in [4.69, 9.17) is 9.47 Å². The van der Waals surface area contributed by atoms with Gasteiger partial charge in [-0.25, -0.2) is 9.59 Å². The third-order valence-electron chi connectivity index (χ3n) is 4.01. The van der Waals surface area contributed by atoms with Gasteiger partial charge in [-0.1, -0.05) is 18.2 Å². The van der Waals surface area contributed by atoms with Gasteiger partial charge in [-0.05, 0) is 54.0 Å². The average molecular weight is 384 g/mol. The number of rotatable bonds is 7. The van der Waals surface area contributed by atoms with E-state index in [1.165, 1.54) is 44.6 Å². The second kappa shape index (κ2) is 8.77. The summed E-state index contributed by atoms with van der Waals surface area (Å²) in [5.74, 6) is -2.21. The summed E-state index contributed by atoms with van der Waals surface area (Å²) in [4.78, 5) is 23.5. The highest BCUT2D eigenvalue weighted by Crippen LogP contribution is 2.29. The summed E-state index contributed by atoms with van der Waals surface area (Å²) in [6, 6.07) is 9.24. The van der Waals surface area contributed by atoms with Gasteiger partial charge in [0.25, 0.3) is 0 Å². The molecule has 0 spiro atoms. The Labute approximate surface area is 161 Å². The second-order valence-electron chi connectivity index (χ2n) is 5.89. The summed E-state index contributed by atoms with van der Waals surface area (Å²) in [7, 11) is 2.85. The molecule has 2 aromatic rings. The summed E-state index contributed by atoms with van der Waals surface area (Å²) >= 11 is 0. The Morgan fingerprint density at radius 1 is 0.821 bits per heavy atom. The number of carbonyl (C=O) groups is 2. The van der Waals surface area contributed by atoms with E-state index in [1.807, 2.05) is 6.92 Å². The van der Waals surface area contributed by atoms with Gasteiger partial charge in [0.2, 0.25) is 0 Å². The largest absolute Gasteiger partial charge is 0.504 e. The lowest BCUT2D eigenvalue weighted by Gasteiger charge is -2.08. The molecule has 0 aliphatic rings. The number of benzene rings is 2. The Hall–Kier alpha value is -3.74. The summed E-state index contributed by atoms with van der Waals surface area (Å²) in [6.45, 7) is 1.84. The summed E-state index contributed by atoms with van der Waals surface area (Å²) in [6.07, 6.45) is 2.47. The van der Waals surface area contributed by atoms with Gasteiger partial charge in [0.15, 0.2) is 11.5 Å². The molecule has 0 saturated carbocycles. The molecule has 0 amide bonds. The number of carboxylic acid groups (broad SMARTS) is 2. The molecule has 2 rings (SSSR count). The van der Waals surface area contributed by atoms with Crippen LogP contribution in [0.3, 0.4) is 0 Å². The van der Waals surface area contributed by atoms with Crippen molar-refractivity contribution < 1.29 is 34.4 Å². The monoisotopic (exact) mass is 384 g/mol. The van der Waals surface area contributed by atoms with Crippen LogP contribution >= 0.6 is 0 Å². The zero-order chi connectivity index (χ0) is 20.8. The molecule has 7 nitrogen and oxygen atoms in total. The smallest absolute Gasteiger partial charge is 0.336 e. The zero-order valence-corrected chi connectivity index (χ0v) is 15.6. The molecule has 0 aliphatic carbocycles. The van der Waals surface area contributed by atoms with E-state index in [9.17, 15) is 24.9 Å². The molecular weight excluding hydrogens is 364 g/mol. The van der Waals surface area contributed by atoms with Crippen molar-refractivity contribution in [1.29, 1.82) is 0 Å². The van der Waals surface area contributed by atoms with Crippen molar-refractivity contribution in [3.63, 3.8) is 0 Å². The molecule has 2 aromatic carbocycles. The van der Waals surface area contributed by atoms with Crippen molar-refractivity contribution in [3.05, 3.63) is 64.2 Å². The van der Waals surface area contributed by atoms with Crippen molar-refractivity contribution >= 4 is 24.1 Å². The van der Waals surface area contributed by atoms with Crippen molar-refractivity contribution in [2.45, 2.75) is 6.92 Å². The second-order valence-corrected chi connectivity index (χ2v) is 5.89. The Kier molecular flexibility index (Phi) is 6.44. The number of aromatic hydroxyl groups is 1. The molecule has 0 radical (unpaired) electrons. The molecule has 7 heteroatoms. The standard InChI is InChI=1S/C21H20O7/c1-12-4-5-13(10-18(12)27-2)8-15(20(23)24)16(21(25)26)9-14-6-7-17(22)19(11-14)28-3/h4-11,22H,1-3H3,(H,23,24)(H,25,26)/b15-8+,16-9+. The van der Waals surface area contributed by atoms with Gasteiger partial charge in [0, 0.05) is 0 Å². The number of hydrogen-bond donors (Lipinski definition) is 3. The first-order valence-corrected chi connectivity index (χ1v) is 8.18. The predicted molar refractivity (Wildman–Crippen MR) is 104 cm³/mol. The number of phenols is 1. The van der Waals surface area contributed by atoms with Crippen LogP contribution in [0.2, 0.25) is 0 Å². The van der Waals surface area contributed by atoms with Gasteiger partial charge >= 0.3 is 11.9 Å². The molecule has 0 atom stereocenters. The highest BCUT2D eigenvalue weighted by Gasteiger charge is 2.20. The van der Waals surface area contributed by atoms with Crippen molar-refractivity contribution in [1.82, 2.24) is 0 Å². The maximum Gasteiger partial charge on any atom is 0.336 e. The van der Waals surface area contributed by atoms with E-state index >= 15 is 0 Å². The van der Waals surface area contributed by atoms with E-state index in [-0.39, 0.29) is 11.5 Å². The topological polar surface area (TPSA) is 113 Å². The average Bonchev–Trinajstić information content (AvgIpc) is 2.66. The maximum atomic E-state index is 11.8. The van der Waals surface area contributed by atoms with Crippen LogP contribution < -0.4 is 9.47 Å². The molecule has 0 bridgehead atoms. The third-order valence-corrected chi connectivity index (χ3v) is 4.01. The van der Waals surface area contributed by atoms with Crippen LogP contribution in [0.15, 0.2) is 47.5 Å². The highest BCUT2D eigenvalue weighted by atomic mass is 16.5. The van der Waals surface area contributed by atoms with Gasteiger partial charge < -0.3 is 24.8 Å². The summed E-state index contributed by atoms with van der Waals surface area (Å²) in [5.41, 5.74) is 0.892. The van der Waals surface area contributed by atoms with Crippen LogP contribution in [-0.2, 0) is 9.59 Å². The minimum atomic E-state index is -1.40. The van der Waals surface area contributed by atoms with E-state index in [2.05, 4.69) is 0 Å². The number of aryl methyl sites for hydroxylation is 1. The van der Waals surface area contributed by atoms with E-state index in [0.717, 1.165) is 5.56 Å². The maximum absolute atomic E-state index is 11.8. The fourth-order valence-electron chi connectivity index (χ4n) is 2.55. The lowest BCUT2D eigenvalue weighted by Crippen LogP contribution is -2.11. The van der Waals surface area contributed by atoms with Gasteiger partial charge in [-0.2, -0.15) is 0 Å². The first-order valence-electron chi connectivity index (χ1n) is 8.18. The number of aliphatic carboxylic acids is 2. The zero-order valence-electron chi connectivity index (χ0n) is 15.6. The summed E-state index contributed by atoms with van der Waals surface area (Å²) < 4.78 is 10.2. The van der Waals surface area contributed by atoms with Gasteiger partial charge in [0.1, 0.15) is 5.75 Å². The molecule has 0 aliphatic heterocycles. The normalized spacial score (nSPS) is 11.8. The SMILES string of the molecule is COc1cc(/C=C(C(=O)O)\C(=C/c2ccc(O)c(OC)c2)C(=O)O)ccc1C. The molecule has 28 heavy (non-hydrogen) atoms. The molecule has 0 fully saturated rings. The predicted octanol–water partition coefficient (Wildman–Crippen LogP) is 3.35. The van der Waals surface area contributed by atoms with Crippen molar-refractivity contribution in [2.24, 2.45) is 0 Å². The van der Waals surface area contributed by atoms with Gasteiger partial charge in [-0.15, -0.1) is 0 Å². The van der Waals surface area contributed by atoms with Crippen LogP contribution in [0.25, 0.3) is 12.2 Å².